The van der Waals surface area contributed by atoms with Gasteiger partial charge < -0.3 is 20.0 Å². The van der Waals surface area contributed by atoms with E-state index in [9.17, 15) is 5.11 Å². The molecule has 2 aromatic rings. The van der Waals surface area contributed by atoms with E-state index in [4.69, 9.17) is 14.9 Å². The molecule has 108 valence electrons. The first kappa shape index (κ1) is 15.1. The van der Waals surface area contributed by atoms with Gasteiger partial charge in [-0.1, -0.05) is 12.1 Å². The lowest BCUT2D eigenvalue weighted by molar-refractivity contribution is 0.145. The smallest absolute Gasteiger partial charge is 0.174 e. The first-order chi connectivity index (χ1) is 9.58. The minimum absolute atomic E-state index is 0.224. The normalized spacial score (nSPS) is 14.1. The average molecular weight is 340 g/mol. The highest BCUT2D eigenvalue weighted by Crippen LogP contribution is 2.36. The molecule has 2 rings (SSSR count). The summed E-state index contributed by atoms with van der Waals surface area (Å²) in [5.41, 5.74) is 8.53. The maximum atomic E-state index is 10.5. The van der Waals surface area contributed by atoms with Crippen LogP contribution < -0.4 is 10.5 Å². The number of nitrogens with two attached hydrogens (primary N) is 1. The second-order valence-electron chi connectivity index (χ2n) is 4.67. The number of aliphatic hydroxyl groups is 1. The molecule has 0 saturated carbocycles. The summed E-state index contributed by atoms with van der Waals surface area (Å²) in [7, 11) is 1.63. The van der Waals surface area contributed by atoms with Crippen molar-refractivity contribution >= 4 is 15.9 Å². The van der Waals surface area contributed by atoms with E-state index in [-0.39, 0.29) is 5.92 Å². The number of halogens is 1. The quantitative estimate of drug-likeness (QED) is 0.877. The molecule has 0 fully saturated rings. The number of ether oxygens (including phenoxy) is 1. The molecule has 1 aromatic heterocycles. The van der Waals surface area contributed by atoms with Gasteiger partial charge in [-0.3, -0.25) is 0 Å². The van der Waals surface area contributed by atoms with E-state index in [0.717, 1.165) is 16.9 Å². The van der Waals surface area contributed by atoms with E-state index in [1.807, 2.05) is 25.1 Å². The van der Waals surface area contributed by atoms with Gasteiger partial charge in [-0.2, -0.15) is 0 Å². The van der Waals surface area contributed by atoms with Crippen molar-refractivity contribution in [1.29, 1.82) is 0 Å². The number of aryl methyl sites for hydroxylation is 1. The summed E-state index contributed by atoms with van der Waals surface area (Å²) in [5.74, 6) is 0.567. The van der Waals surface area contributed by atoms with Gasteiger partial charge in [0.25, 0.3) is 0 Å². The highest BCUT2D eigenvalue weighted by Gasteiger charge is 2.25. The minimum Gasteiger partial charge on any atom is -0.496 e. The Morgan fingerprint density at radius 1 is 1.40 bits per heavy atom. The number of aliphatic hydroxyl groups excluding tert-OH is 1. The lowest BCUT2D eigenvalue weighted by Crippen LogP contribution is -2.20. The van der Waals surface area contributed by atoms with Crippen molar-refractivity contribution in [1.82, 2.24) is 0 Å². The van der Waals surface area contributed by atoms with E-state index in [0.29, 0.717) is 16.8 Å². The van der Waals surface area contributed by atoms with Gasteiger partial charge in [-0.25, -0.2) is 0 Å². The van der Waals surface area contributed by atoms with Gasteiger partial charge in [0.2, 0.25) is 0 Å². The van der Waals surface area contributed by atoms with Crippen LogP contribution >= 0.6 is 15.9 Å². The van der Waals surface area contributed by atoms with Crippen LogP contribution in [0.25, 0.3) is 0 Å². The summed E-state index contributed by atoms with van der Waals surface area (Å²) in [4.78, 5) is 0. The van der Waals surface area contributed by atoms with Crippen LogP contribution in [-0.4, -0.2) is 18.8 Å². The maximum Gasteiger partial charge on any atom is 0.174 e. The van der Waals surface area contributed by atoms with Gasteiger partial charge in [-0.05, 0) is 46.1 Å². The van der Waals surface area contributed by atoms with Crippen molar-refractivity contribution in [3.63, 3.8) is 0 Å². The van der Waals surface area contributed by atoms with Crippen molar-refractivity contribution in [3.05, 3.63) is 51.9 Å². The summed E-state index contributed by atoms with van der Waals surface area (Å²) in [5, 5.41) is 10.5. The van der Waals surface area contributed by atoms with Gasteiger partial charge in [0.1, 0.15) is 5.75 Å². The Balaban J connectivity index is 2.35. The molecule has 4 nitrogen and oxygen atoms in total. The van der Waals surface area contributed by atoms with Crippen LogP contribution in [-0.2, 0) is 0 Å². The lowest BCUT2D eigenvalue weighted by atomic mass is 9.89. The third-order valence-electron chi connectivity index (χ3n) is 3.46. The largest absolute Gasteiger partial charge is 0.496 e. The number of methoxy groups -OCH3 is 1. The third kappa shape index (κ3) is 2.90. The Morgan fingerprint density at radius 3 is 2.70 bits per heavy atom. The standard InChI is InChI=1S/C15H18BrNO3/c1-9-3-4-10(7-13(9)19-2)12(8-17)14(18)11-5-6-20-15(11)16/h3-7,12,14,18H,8,17H2,1-2H3. The summed E-state index contributed by atoms with van der Waals surface area (Å²) >= 11 is 3.28. The van der Waals surface area contributed by atoms with Crippen molar-refractivity contribution in [2.75, 3.05) is 13.7 Å². The average Bonchev–Trinajstić information content (AvgIpc) is 2.87. The van der Waals surface area contributed by atoms with Gasteiger partial charge in [-0.15, -0.1) is 0 Å². The summed E-state index contributed by atoms with van der Waals surface area (Å²) < 4.78 is 11.0. The maximum absolute atomic E-state index is 10.5. The second kappa shape index (κ2) is 6.43. The molecule has 0 bridgehead atoms. The molecule has 0 spiro atoms. The Hall–Kier alpha value is -1.30. The van der Waals surface area contributed by atoms with Gasteiger partial charge >= 0.3 is 0 Å². The molecule has 0 aliphatic heterocycles. The predicted octanol–water partition coefficient (Wildman–Crippen LogP) is 3.14. The molecule has 0 radical (unpaired) electrons. The summed E-state index contributed by atoms with van der Waals surface area (Å²) in [6.45, 7) is 2.30. The zero-order valence-corrected chi connectivity index (χ0v) is 13.1. The molecule has 3 N–H and O–H groups in total. The first-order valence-electron chi connectivity index (χ1n) is 6.34. The van der Waals surface area contributed by atoms with Gasteiger partial charge in [0, 0.05) is 18.0 Å². The molecule has 0 aliphatic rings. The van der Waals surface area contributed by atoms with E-state index in [2.05, 4.69) is 15.9 Å². The Labute approximate surface area is 126 Å². The highest BCUT2D eigenvalue weighted by atomic mass is 79.9. The van der Waals surface area contributed by atoms with E-state index < -0.39 is 6.10 Å². The first-order valence-corrected chi connectivity index (χ1v) is 7.13. The van der Waals surface area contributed by atoms with Crippen molar-refractivity contribution in [3.8, 4) is 5.75 Å². The third-order valence-corrected chi connectivity index (χ3v) is 4.10. The molecule has 5 heteroatoms. The molecule has 0 aliphatic carbocycles. The van der Waals surface area contributed by atoms with Crippen molar-refractivity contribution < 1.29 is 14.3 Å². The Morgan fingerprint density at radius 2 is 2.15 bits per heavy atom. The number of hydrogen-bond acceptors (Lipinski definition) is 4. The predicted molar refractivity (Wildman–Crippen MR) is 80.9 cm³/mol. The molecule has 1 heterocycles. The minimum atomic E-state index is -0.736. The molecule has 2 unspecified atom stereocenters. The van der Waals surface area contributed by atoms with Gasteiger partial charge in [0.15, 0.2) is 4.67 Å². The molecule has 2 atom stereocenters. The Bertz CT molecular complexity index is 582. The molecule has 1 aromatic carbocycles. The number of hydrogen-bond donors (Lipinski definition) is 2. The highest BCUT2D eigenvalue weighted by molar-refractivity contribution is 9.10. The molecular formula is C15H18BrNO3. The fourth-order valence-electron chi connectivity index (χ4n) is 2.25. The summed E-state index contributed by atoms with van der Waals surface area (Å²) in [6.07, 6.45) is 0.798. The van der Waals surface area contributed by atoms with Crippen molar-refractivity contribution in [2.24, 2.45) is 5.73 Å². The fraction of sp³-hybridized carbons (Fsp3) is 0.333. The van der Waals surface area contributed by atoms with Gasteiger partial charge in [0.05, 0.1) is 19.5 Å². The van der Waals surface area contributed by atoms with E-state index >= 15 is 0 Å². The zero-order chi connectivity index (χ0) is 14.7. The molecule has 20 heavy (non-hydrogen) atoms. The van der Waals surface area contributed by atoms with Crippen molar-refractivity contribution in [2.45, 2.75) is 18.9 Å². The Kier molecular flexibility index (Phi) is 4.86. The number of rotatable bonds is 5. The van der Waals surface area contributed by atoms with E-state index in [1.165, 1.54) is 6.26 Å². The zero-order valence-electron chi connectivity index (χ0n) is 11.5. The number of furan rings is 1. The van der Waals surface area contributed by atoms with Crippen LogP contribution in [0, 0.1) is 6.92 Å². The van der Waals surface area contributed by atoms with Crippen LogP contribution in [0.15, 0.2) is 39.6 Å². The number of benzene rings is 1. The summed E-state index contributed by atoms with van der Waals surface area (Å²) in [6, 6.07) is 7.59. The van der Waals surface area contributed by atoms with Crippen LogP contribution in [0.3, 0.4) is 0 Å². The topological polar surface area (TPSA) is 68.6 Å². The molecule has 0 saturated heterocycles. The van der Waals surface area contributed by atoms with E-state index in [1.54, 1.807) is 13.2 Å². The van der Waals surface area contributed by atoms with Crippen LogP contribution in [0.1, 0.15) is 28.7 Å². The van der Waals surface area contributed by atoms with Crippen LogP contribution in [0.2, 0.25) is 0 Å². The molecular weight excluding hydrogens is 322 g/mol. The van der Waals surface area contributed by atoms with Crippen LogP contribution in [0.4, 0.5) is 0 Å². The fourth-order valence-corrected chi connectivity index (χ4v) is 2.72. The second-order valence-corrected chi connectivity index (χ2v) is 5.39. The van der Waals surface area contributed by atoms with Crippen LogP contribution in [0.5, 0.6) is 5.75 Å². The molecule has 0 amide bonds. The lowest BCUT2D eigenvalue weighted by Gasteiger charge is -2.22. The monoisotopic (exact) mass is 339 g/mol. The SMILES string of the molecule is COc1cc(C(CN)C(O)c2ccoc2Br)ccc1C.